The highest BCUT2D eigenvalue weighted by Gasteiger charge is 2.32. The molecule has 22 heavy (non-hydrogen) atoms. The molecule has 0 aliphatic carbocycles. The minimum Gasteiger partial charge on any atom is -0.508 e. The summed E-state index contributed by atoms with van der Waals surface area (Å²) in [6, 6.07) is 4.66. The van der Waals surface area contributed by atoms with Gasteiger partial charge in [0.25, 0.3) is 0 Å². The van der Waals surface area contributed by atoms with Crippen LogP contribution in [0.25, 0.3) is 0 Å². The lowest BCUT2D eigenvalue weighted by Crippen LogP contribution is -2.34. The van der Waals surface area contributed by atoms with E-state index in [1.807, 2.05) is 0 Å². The number of aromatic hydroxyl groups is 1. The van der Waals surface area contributed by atoms with Crippen molar-refractivity contribution in [3.8, 4) is 5.75 Å². The van der Waals surface area contributed by atoms with Crippen LogP contribution in [-0.4, -0.2) is 40.6 Å². The topological polar surface area (TPSA) is 90.8 Å². The van der Waals surface area contributed by atoms with Crippen molar-refractivity contribution in [3.63, 3.8) is 0 Å². The molecule has 0 aromatic heterocycles. The van der Waals surface area contributed by atoms with Crippen molar-refractivity contribution in [2.24, 2.45) is 0 Å². The van der Waals surface area contributed by atoms with E-state index < -0.39 is 17.3 Å². The van der Waals surface area contributed by atoms with E-state index in [0.717, 1.165) is 6.54 Å². The molecule has 1 saturated heterocycles. The number of hydrogen-bond donors (Lipinski definition) is 4. The van der Waals surface area contributed by atoms with Gasteiger partial charge in [0.15, 0.2) is 0 Å². The molecular weight excluding hydrogens is 284 g/mol. The molecule has 1 aliphatic rings. The first-order valence-corrected chi connectivity index (χ1v) is 7.42. The molecule has 0 spiro atoms. The van der Waals surface area contributed by atoms with Crippen molar-refractivity contribution in [3.05, 3.63) is 23.8 Å². The first-order valence-electron chi connectivity index (χ1n) is 7.42. The fourth-order valence-corrected chi connectivity index (χ4v) is 2.50. The summed E-state index contributed by atoms with van der Waals surface area (Å²) >= 11 is 0. The molecule has 1 aromatic carbocycles. The molecule has 0 radical (unpaired) electrons. The van der Waals surface area contributed by atoms with Gasteiger partial charge in [0.1, 0.15) is 11.4 Å². The highest BCUT2D eigenvalue weighted by molar-refractivity contribution is 5.86. The number of carbonyl (C=O) groups is 1. The SMILES string of the molecule is CC(C)(C)OC(=O)Nc1ccc(O)cc1CC1(O)CCNC1. The predicted octanol–water partition coefficient (Wildman–Crippen LogP) is 2.01. The number of rotatable bonds is 3. The average molecular weight is 308 g/mol. The van der Waals surface area contributed by atoms with E-state index in [1.54, 1.807) is 32.9 Å². The number of hydrogen-bond acceptors (Lipinski definition) is 5. The van der Waals surface area contributed by atoms with Crippen LogP contribution in [0.15, 0.2) is 18.2 Å². The van der Waals surface area contributed by atoms with Gasteiger partial charge in [0.2, 0.25) is 0 Å². The van der Waals surface area contributed by atoms with Crippen LogP contribution >= 0.6 is 0 Å². The summed E-state index contributed by atoms with van der Waals surface area (Å²) in [5.41, 5.74) is -0.239. The minimum atomic E-state index is -0.863. The number of β-amino-alcohol motifs (C(OH)–C–C–N with tert-alkyl or cyclic N) is 1. The number of carbonyl (C=O) groups excluding carboxylic acids is 1. The second-order valence-electron chi connectivity index (χ2n) is 6.80. The maximum absolute atomic E-state index is 11.9. The quantitative estimate of drug-likeness (QED) is 0.641. The molecule has 1 heterocycles. The number of aliphatic hydroxyl groups is 1. The first kappa shape index (κ1) is 16.6. The Bertz CT molecular complexity index is 546. The van der Waals surface area contributed by atoms with Crippen molar-refractivity contribution in [2.75, 3.05) is 18.4 Å². The maximum atomic E-state index is 11.9. The number of amides is 1. The van der Waals surface area contributed by atoms with Crippen LogP contribution in [0.3, 0.4) is 0 Å². The summed E-state index contributed by atoms with van der Waals surface area (Å²) in [7, 11) is 0. The Labute approximate surface area is 130 Å². The normalized spacial score (nSPS) is 21.6. The Morgan fingerprint density at radius 1 is 1.45 bits per heavy atom. The molecule has 4 N–H and O–H groups in total. The van der Waals surface area contributed by atoms with Gasteiger partial charge in [-0.15, -0.1) is 0 Å². The van der Waals surface area contributed by atoms with Gasteiger partial charge in [-0.2, -0.15) is 0 Å². The van der Waals surface area contributed by atoms with E-state index in [2.05, 4.69) is 10.6 Å². The average Bonchev–Trinajstić information content (AvgIpc) is 2.77. The zero-order valence-corrected chi connectivity index (χ0v) is 13.3. The first-order chi connectivity index (χ1) is 10.2. The second-order valence-corrected chi connectivity index (χ2v) is 6.80. The Balaban J connectivity index is 2.15. The van der Waals surface area contributed by atoms with Crippen LogP contribution in [0.1, 0.15) is 32.8 Å². The molecule has 122 valence electrons. The number of nitrogens with one attached hydrogen (secondary N) is 2. The van der Waals surface area contributed by atoms with Crippen molar-refractivity contribution < 1.29 is 19.7 Å². The maximum Gasteiger partial charge on any atom is 0.412 e. The number of anilines is 1. The van der Waals surface area contributed by atoms with Crippen LogP contribution in [0, 0.1) is 0 Å². The number of phenolic OH excluding ortho intramolecular Hbond substituents is 1. The van der Waals surface area contributed by atoms with Gasteiger partial charge in [-0.25, -0.2) is 4.79 Å². The molecule has 1 unspecified atom stereocenters. The smallest absolute Gasteiger partial charge is 0.412 e. The molecule has 0 bridgehead atoms. The lowest BCUT2D eigenvalue weighted by atomic mass is 9.92. The molecule has 6 heteroatoms. The predicted molar refractivity (Wildman–Crippen MR) is 84.1 cm³/mol. The fourth-order valence-electron chi connectivity index (χ4n) is 2.50. The molecule has 0 saturated carbocycles. The van der Waals surface area contributed by atoms with Gasteiger partial charge < -0.3 is 20.3 Å². The highest BCUT2D eigenvalue weighted by Crippen LogP contribution is 2.28. The van der Waals surface area contributed by atoms with E-state index in [-0.39, 0.29) is 5.75 Å². The third-order valence-corrected chi connectivity index (χ3v) is 3.47. The summed E-state index contributed by atoms with van der Waals surface area (Å²) in [6.45, 7) is 6.62. The zero-order chi connectivity index (χ0) is 16.4. The Hall–Kier alpha value is -1.79. The number of benzene rings is 1. The van der Waals surface area contributed by atoms with E-state index in [9.17, 15) is 15.0 Å². The van der Waals surface area contributed by atoms with Gasteiger partial charge in [-0.05, 0) is 57.5 Å². The Morgan fingerprint density at radius 3 is 2.77 bits per heavy atom. The standard InChI is InChI=1S/C16H24N2O4/c1-15(2,3)22-14(20)18-13-5-4-12(19)8-11(13)9-16(21)6-7-17-10-16/h4-5,8,17,19,21H,6-7,9-10H2,1-3H3,(H,18,20). The minimum absolute atomic E-state index is 0.0966. The van der Waals surface area contributed by atoms with Crippen LogP contribution in [0.5, 0.6) is 5.75 Å². The van der Waals surface area contributed by atoms with Crippen molar-refractivity contribution in [1.29, 1.82) is 0 Å². The highest BCUT2D eigenvalue weighted by atomic mass is 16.6. The summed E-state index contributed by atoms with van der Waals surface area (Å²) in [5.74, 6) is 0.0966. The molecule has 1 aromatic rings. The summed E-state index contributed by atoms with van der Waals surface area (Å²) in [5, 5.41) is 26.0. The van der Waals surface area contributed by atoms with Gasteiger partial charge in [-0.3, -0.25) is 5.32 Å². The zero-order valence-electron chi connectivity index (χ0n) is 13.3. The number of ether oxygens (including phenoxy) is 1. The van der Waals surface area contributed by atoms with Crippen molar-refractivity contribution in [2.45, 2.75) is 44.8 Å². The largest absolute Gasteiger partial charge is 0.508 e. The van der Waals surface area contributed by atoms with Gasteiger partial charge in [0, 0.05) is 18.7 Å². The molecule has 6 nitrogen and oxygen atoms in total. The lowest BCUT2D eigenvalue weighted by Gasteiger charge is -2.24. The van der Waals surface area contributed by atoms with Crippen molar-refractivity contribution >= 4 is 11.8 Å². The monoisotopic (exact) mass is 308 g/mol. The van der Waals surface area contributed by atoms with Gasteiger partial charge >= 0.3 is 6.09 Å². The van der Waals surface area contributed by atoms with Gasteiger partial charge in [0.05, 0.1) is 5.60 Å². The molecule has 2 rings (SSSR count). The summed E-state index contributed by atoms with van der Waals surface area (Å²) in [6.07, 6.45) is 0.421. The third kappa shape index (κ3) is 4.61. The molecule has 1 aliphatic heterocycles. The molecular formula is C16H24N2O4. The fraction of sp³-hybridized carbons (Fsp3) is 0.562. The van der Waals surface area contributed by atoms with E-state index in [4.69, 9.17) is 4.74 Å². The van der Waals surface area contributed by atoms with E-state index in [0.29, 0.717) is 30.6 Å². The Morgan fingerprint density at radius 2 is 2.18 bits per heavy atom. The van der Waals surface area contributed by atoms with Gasteiger partial charge in [-0.1, -0.05) is 0 Å². The van der Waals surface area contributed by atoms with Crippen molar-refractivity contribution in [1.82, 2.24) is 5.32 Å². The van der Waals surface area contributed by atoms with Crippen LogP contribution < -0.4 is 10.6 Å². The molecule has 1 fully saturated rings. The van der Waals surface area contributed by atoms with E-state index >= 15 is 0 Å². The number of phenols is 1. The Kier molecular flexibility index (Phi) is 4.63. The van der Waals surface area contributed by atoms with E-state index in [1.165, 1.54) is 6.07 Å². The van der Waals surface area contributed by atoms with Crippen LogP contribution in [0.2, 0.25) is 0 Å². The third-order valence-electron chi connectivity index (χ3n) is 3.47. The second kappa shape index (κ2) is 6.14. The van der Waals surface area contributed by atoms with Crippen LogP contribution in [-0.2, 0) is 11.2 Å². The van der Waals surface area contributed by atoms with Crippen LogP contribution in [0.4, 0.5) is 10.5 Å². The summed E-state index contributed by atoms with van der Waals surface area (Å²) in [4.78, 5) is 11.9. The molecule has 1 atom stereocenters. The summed E-state index contributed by atoms with van der Waals surface area (Å²) < 4.78 is 5.23. The lowest BCUT2D eigenvalue weighted by molar-refractivity contribution is 0.0604. The molecule has 1 amide bonds.